The van der Waals surface area contributed by atoms with Gasteiger partial charge in [0, 0.05) is 0 Å². The Balaban J connectivity index is -0.000000529. The molecule has 0 unspecified atom stereocenters. The van der Waals surface area contributed by atoms with Crippen LogP contribution in [-0.2, 0) is 14.4 Å². The summed E-state index contributed by atoms with van der Waals surface area (Å²) >= 11 is 0.306. The normalized spacial score (nSPS) is 8.31. The molecule has 0 aromatic carbocycles. The van der Waals surface area contributed by atoms with E-state index in [1.807, 2.05) is 0 Å². The summed E-state index contributed by atoms with van der Waals surface area (Å²) in [5, 5.41) is 30.0. The van der Waals surface area contributed by atoms with E-state index in [4.69, 9.17) is 2.81 Å². The van der Waals surface area contributed by atoms with Gasteiger partial charge in [-0.3, -0.25) is 0 Å². The Morgan fingerprint density at radius 2 is 1.06 bits per heavy atom. The molecule has 0 aliphatic carbocycles. The molecule has 0 bridgehead atoms. The summed E-state index contributed by atoms with van der Waals surface area (Å²) in [6.45, 7) is -2.12. The van der Waals surface area contributed by atoms with Crippen LogP contribution in [0.5, 0.6) is 0 Å². The van der Waals surface area contributed by atoms with E-state index in [1.165, 1.54) is 0 Å². The predicted octanol–water partition coefficient (Wildman–Crippen LogP) is -10.7. The summed E-state index contributed by atoms with van der Waals surface area (Å²) in [5.41, 5.74) is 0. The number of hydrogen-bond acceptors (Lipinski definition) is 6. The monoisotopic (exact) mass is 439 g/mol. The quantitative estimate of drug-likeness (QED) is 0.321. The Morgan fingerprint density at radius 1 is 0.875 bits per heavy atom. The summed E-state index contributed by atoms with van der Waals surface area (Å²) in [5.74, 6) is -4.59. The Labute approximate surface area is 128 Å². The van der Waals surface area contributed by atoms with Crippen molar-refractivity contribution in [3.8, 4) is 0 Å². The minimum absolute atomic E-state index is 0. The minimum atomic E-state index is -1.53. The van der Waals surface area contributed by atoms with Gasteiger partial charge in [0.2, 0.25) is 0 Å². The van der Waals surface area contributed by atoms with Crippen molar-refractivity contribution in [2.24, 2.45) is 0 Å². The number of nitrogens with one attached hydrogen (secondary N) is 1. The van der Waals surface area contributed by atoms with Gasteiger partial charge in [0.1, 0.15) is 19.6 Å². The van der Waals surface area contributed by atoms with E-state index < -0.39 is 37.5 Å². The average Bonchev–Trinajstić information content (AvgIpc) is 2.03. The molecular weight excluding hydrogens is 430 g/mol. The number of rotatable bonds is 6. The second-order valence-electron chi connectivity index (χ2n) is 2.40. The first-order valence-corrected chi connectivity index (χ1v) is 5.31. The van der Waals surface area contributed by atoms with Gasteiger partial charge >= 0.3 is 57.1 Å². The molecule has 0 spiro atoms. The second kappa shape index (κ2) is 13.1. The van der Waals surface area contributed by atoms with Crippen LogP contribution in [0.3, 0.4) is 0 Å². The Hall–Kier alpha value is 0.0531. The maximum atomic E-state index is 10.0. The number of quaternary nitrogens is 1. The number of aliphatic carboxylic acids is 3. The van der Waals surface area contributed by atoms with Crippen LogP contribution < -0.4 is 49.8 Å². The fraction of sp³-hybridized carbons (Fsp3) is 0.500. The Bertz CT molecular complexity index is 211. The van der Waals surface area contributed by atoms with Gasteiger partial charge in [-0.15, -0.1) is 0 Å². The fourth-order valence-electron chi connectivity index (χ4n) is 0.800. The number of carboxylic acids is 3. The SMILES string of the molecule is O=C([O-])C[NH+](CC(=O)[O-])CC(=O)[O-].[Na+].[OH+]=[BiH]. The number of carboxylic acid groups (broad SMARTS) is 3. The van der Waals surface area contributed by atoms with E-state index in [0.717, 1.165) is 0 Å². The van der Waals surface area contributed by atoms with Gasteiger partial charge in [0.05, 0.1) is 17.9 Å². The summed E-state index contributed by atoms with van der Waals surface area (Å²) < 4.78 is 7.14. The average molecular weight is 439 g/mol. The molecule has 0 rings (SSSR count). The predicted molar refractivity (Wildman–Crippen MR) is 39.7 cm³/mol. The standard InChI is InChI=1S/C6H9NO6.Bi.Na.H2O.H/c8-4(9)1-7(2-5(10)11)3-6(12)13;;;;/h1-3H2,(H,8,9)(H,10,11)(H,12,13);;;1H2;/q;+2;+1;;/p-3. The van der Waals surface area contributed by atoms with E-state index in [2.05, 4.69) is 0 Å². The number of carbonyl (C=O) groups is 3. The van der Waals surface area contributed by atoms with E-state index >= 15 is 0 Å². The molecule has 0 radical (unpaired) electrons. The van der Waals surface area contributed by atoms with Crippen molar-refractivity contribution in [1.82, 2.24) is 0 Å². The molecule has 0 saturated carbocycles. The molecule has 0 fully saturated rings. The Morgan fingerprint density at radius 3 is 1.19 bits per heavy atom. The third-order valence-corrected chi connectivity index (χ3v) is 1.18. The first-order chi connectivity index (χ1) is 6.91. The molecule has 0 saturated heterocycles. The van der Waals surface area contributed by atoms with Crippen LogP contribution in [0.2, 0.25) is 0 Å². The second-order valence-corrected chi connectivity index (χ2v) is 2.40. The summed E-state index contributed by atoms with van der Waals surface area (Å²) in [6, 6.07) is 0. The zero-order chi connectivity index (χ0) is 12.4. The number of carbonyl (C=O) groups excluding carboxylic acids is 3. The van der Waals surface area contributed by atoms with Crippen molar-refractivity contribution in [2.75, 3.05) is 19.6 Å². The molecule has 16 heavy (non-hydrogen) atoms. The van der Waals surface area contributed by atoms with Gasteiger partial charge in [-0.2, -0.15) is 0 Å². The van der Waals surface area contributed by atoms with Crippen LogP contribution in [-0.4, -0.2) is 65.1 Å². The Kier molecular flexibility index (Phi) is 17.5. The summed E-state index contributed by atoms with van der Waals surface area (Å²) in [4.78, 5) is 29.8. The van der Waals surface area contributed by atoms with Crippen LogP contribution >= 0.6 is 0 Å². The van der Waals surface area contributed by atoms with Gasteiger partial charge < -0.3 is 34.6 Å². The molecule has 0 heterocycles. The molecule has 0 aromatic heterocycles. The van der Waals surface area contributed by atoms with Crippen molar-refractivity contribution in [2.45, 2.75) is 0 Å². The third-order valence-electron chi connectivity index (χ3n) is 1.18. The van der Waals surface area contributed by atoms with Gasteiger partial charge in [-0.25, -0.2) is 0 Å². The van der Waals surface area contributed by atoms with Crippen LogP contribution in [0.4, 0.5) is 0 Å². The summed E-state index contributed by atoms with van der Waals surface area (Å²) in [7, 11) is 0. The van der Waals surface area contributed by atoms with Crippen molar-refractivity contribution in [3.05, 3.63) is 0 Å². The van der Waals surface area contributed by atoms with Crippen LogP contribution in [0, 0.1) is 0 Å². The van der Waals surface area contributed by atoms with E-state index in [9.17, 15) is 29.7 Å². The van der Waals surface area contributed by atoms with E-state index in [-0.39, 0.29) is 34.5 Å². The molecular formula is C6H9BiNNaO7. The molecule has 0 aliphatic rings. The third kappa shape index (κ3) is 16.5. The maximum absolute atomic E-state index is 10.0. The van der Waals surface area contributed by atoms with E-state index in [1.54, 1.807) is 0 Å². The van der Waals surface area contributed by atoms with Crippen LogP contribution in [0.1, 0.15) is 0 Å². The van der Waals surface area contributed by atoms with Gasteiger partial charge in [-0.1, -0.05) is 0 Å². The molecule has 2 N–H and O–H groups in total. The van der Waals surface area contributed by atoms with Gasteiger partial charge in [-0.05, 0) is 0 Å². The van der Waals surface area contributed by atoms with Crippen LogP contribution in [0.15, 0.2) is 0 Å². The molecule has 0 aliphatic heterocycles. The summed E-state index contributed by atoms with van der Waals surface area (Å²) in [6.07, 6.45) is 0. The topological polar surface area (TPSA) is 146 Å². The van der Waals surface area contributed by atoms with Crippen molar-refractivity contribution in [1.29, 1.82) is 0 Å². The zero-order valence-electron chi connectivity index (χ0n) is 8.52. The number of hydrogen-bond donors (Lipinski definition) is 1. The van der Waals surface area contributed by atoms with Crippen molar-refractivity contribution < 1.29 is 67.0 Å². The van der Waals surface area contributed by atoms with Crippen molar-refractivity contribution in [3.63, 3.8) is 0 Å². The fourth-order valence-corrected chi connectivity index (χ4v) is 0.800. The van der Waals surface area contributed by atoms with E-state index in [0.29, 0.717) is 24.7 Å². The molecule has 0 atom stereocenters. The van der Waals surface area contributed by atoms with Gasteiger partial charge in [0.15, 0.2) is 0 Å². The molecule has 10 heteroatoms. The van der Waals surface area contributed by atoms with Crippen molar-refractivity contribution >= 4 is 42.6 Å². The van der Waals surface area contributed by atoms with Gasteiger partial charge in [0.25, 0.3) is 0 Å². The first kappa shape index (κ1) is 21.3. The molecule has 0 amide bonds. The zero-order valence-corrected chi connectivity index (χ0v) is 14.4. The molecule has 86 valence electrons. The molecule has 0 aromatic rings. The first-order valence-electron chi connectivity index (χ1n) is 3.57. The van der Waals surface area contributed by atoms with Crippen LogP contribution in [0.25, 0.3) is 0 Å². The molecule has 8 nitrogen and oxygen atoms in total.